The first-order chi connectivity index (χ1) is 13.0. The Morgan fingerprint density at radius 1 is 1.15 bits per heavy atom. The van der Waals surface area contributed by atoms with Crippen molar-refractivity contribution in [2.75, 3.05) is 44.7 Å². The van der Waals surface area contributed by atoms with Crippen LogP contribution in [0.1, 0.15) is 18.5 Å². The molecule has 0 bridgehead atoms. The maximum Gasteiger partial charge on any atom is 0.234 e. The molecule has 27 heavy (non-hydrogen) atoms. The molecule has 0 spiro atoms. The second-order valence-corrected chi connectivity index (χ2v) is 7.25. The lowest BCUT2D eigenvalue weighted by molar-refractivity contribution is -0.123. The molecule has 3 rings (SSSR count). The van der Waals surface area contributed by atoms with Gasteiger partial charge in [-0.1, -0.05) is 29.8 Å². The lowest BCUT2D eigenvalue weighted by Crippen LogP contribution is -2.49. The number of hydrogen-bond donors (Lipinski definition) is 1. The predicted molar refractivity (Wildman–Crippen MR) is 110 cm³/mol. The van der Waals surface area contributed by atoms with Crippen molar-refractivity contribution in [3.05, 3.63) is 59.1 Å². The summed E-state index contributed by atoms with van der Waals surface area (Å²) in [5.74, 6) is 0.904. The second-order valence-electron chi connectivity index (χ2n) is 6.81. The molecule has 1 amide bonds. The van der Waals surface area contributed by atoms with Gasteiger partial charge in [0.05, 0.1) is 19.7 Å². The molecule has 2 aromatic carbocycles. The summed E-state index contributed by atoms with van der Waals surface area (Å²) in [6.45, 7) is 5.89. The van der Waals surface area contributed by atoms with Crippen molar-refractivity contribution in [2.24, 2.45) is 0 Å². The van der Waals surface area contributed by atoms with Gasteiger partial charge in [-0.05, 0) is 36.8 Å². The van der Waals surface area contributed by atoms with E-state index in [0.717, 1.165) is 43.2 Å². The highest BCUT2D eigenvalue weighted by atomic mass is 35.5. The molecular weight excluding hydrogens is 362 g/mol. The number of ether oxygens (including phenoxy) is 1. The number of piperazine rings is 1. The van der Waals surface area contributed by atoms with E-state index in [9.17, 15) is 4.79 Å². The van der Waals surface area contributed by atoms with E-state index in [1.165, 1.54) is 0 Å². The highest BCUT2D eigenvalue weighted by Gasteiger charge is 2.20. The van der Waals surface area contributed by atoms with Crippen molar-refractivity contribution in [3.63, 3.8) is 0 Å². The van der Waals surface area contributed by atoms with Crippen LogP contribution in [0.4, 0.5) is 5.69 Å². The van der Waals surface area contributed by atoms with Gasteiger partial charge in [0.1, 0.15) is 5.75 Å². The summed E-state index contributed by atoms with van der Waals surface area (Å²) in [5.41, 5.74) is 2.17. The topological polar surface area (TPSA) is 44.8 Å². The molecular formula is C21H26ClN3O2. The molecule has 5 nitrogen and oxygen atoms in total. The van der Waals surface area contributed by atoms with Crippen LogP contribution in [0.5, 0.6) is 5.75 Å². The van der Waals surface area contributed by atoms with Crippen LogP contribution < -0.4 is 15.0 Å². The van der Waals surface area contributed by atoms with Crippen LogP contribution in [-0.2, 0) is 4.79 Å². The average Bonchev–Trinajstić information content (AvgIpc) is 2.68. The number of rotatable bonds is 6. The fourth-order valence-electron chi connectivity index (χ4n) is 3.32. The number of carbonyl (C=O) groups excluding carboxylic acids is 1. The van der Waals surface area contributed by atoms with Crippen molar-refractivity contribution < 1.29 is 9.53 Å². The van der Waals surface area contributed by atoms with Crippen LogP contribution in [0.15, 0.2) is 48.5 Å². The molecule has 1 aliphatic rings. The van der Waals surface area contributed by atoms with E-state index in [1.54, 1.807) is 7.11 Å². The molecule has 0 aromatic heterocycles. The molecule has 144 valence electrons. The minimum atomic E-state index is -0.0609. The number of nitrogens with one attached hydrogen (secondary N) is 1. The summed E-state index contributed by atoms with van der Waals surface area (Å²) >= 11 is 6.03. The molecule has 1 aliphatic heterocycles. The molecule has 2 aromatic rings. The number of halogens is 1. The monoisotopic (exact) mass is 387 g/mol. The van der Waals surface area contributed by atoms with Gasteiger partial charge in [-0.2, -0.15) is 0 Å². The molecule has 0 radical (unpaired) electrons. The smallest absolute Gasteiger partial charge is 0.234 e. The van der Waals surface area contributed by atoms with Gasteiger partial charge in [-0.25, -0.2) is 0 Å². The minimum Gasteiger partial charge on any atom is -0.497 e. The number of carbonyl (C=O) groups is 1. The van der Waals surface area contributed by atoms with E-state index in [2.05, 4.69) is 27.2 Å². The Morgan fingerprint density at radius 2 is 1.89 bits per heavy atom. The molecule has 0 unspecified atom stereocenters. The Balaban J connectivity index is 1.47. The Bertz CT molecular complexity index is 776. The normalized spacial score (nSPS) is 16.0. The Labute approximate surface area is 165 Å². The molecule has 0 saturated carbocycles. The zero-order valence-electron chi connectivity index (χ0n) is 15.8. The first kappa shape index (κ1) is 19.5. The zero-order valence-corrected chi connectivity index (χ0v) is 16.6. The maximum absolute atomic E-state index is 12.4. The van der Waals surface area contributed by atoms with Crippen LogP contribution in [0.2, 0.25) is 5.02 Å². The van der Waals surface area contributed by atoms with Crippen LogP contribution in [0, 0.1) is 0 Å². The summed E-state index contributed by atoms with van der Waals surface area (Å²) in [5, 5.41) is 3.74. The van der Waals surface area contributed by atoms with Crippen LogP contribution in [0.3, 0.4) is 0 Å². The number of hydrogen-bond acceptors (Lipinski definition) is 4. The van der Waals surface area contributed by atoms with Gasteiger partial charge in [-0.15, -0.1) is 0 Å². The standard InChI is InChI=1S/C21H26ClN3O2/c1-16(17-5-3-6-18(22)13-17)23-21(26)15-24-9-11-25(12-10-24)19-7-4-8-20(14-19)27-2/h3-8,13-14,16H,9-12,15H2,1-2H3,(H,23,26)/t16-/m0/s1. The van der Waals surface area contributed by atoms with E-state index in [4.69, 9.17) is 16.3 Å². The quantitative estimate of drug-likeness (QED) is 0.825. The Hall–Kier alpha value is -2.24. The maximum atomic E-state index is 12.4. The lowest BCUT2D eigenvalue weighted by Gasteiger charge is -2.36. The van der Waals surface area contributed by atoms with E-state index in [-0.39, 0.29) is 11.9 Å². The fourth-order valence-corrected chi connectivity index (χ4v) is 3.52. The first-order valence-electron chi connectivity index (χ1n) is 9.21. The van der Waals surface area contributed by atoms with Crippen molar-refractivity contribution >= 4 is 23.2 Å². The molecule has 1 saturated heterocycles. The molecule has 6 heteroatoms. The number of methoxy groups -OCH3 is 1. The zero-order chi connectivity index (χ0) is 19.2. The lowest BCUT2D eigenvalue weighted by atomic mass is 10.1. The molecule has 0 aliphatic carbocycles. The Morgan fingerprint density at radius 3 is 2.59 bits per heavy atom. The van der Waals surface area contributed by atoms with Crippen LogP contribution >= 0.6 is 11.6 Å². The molecule has 1 atom stereocenters. The predicted octanol–water partition coefficient (Wildman–Crippen LogP) is 3.35. The SMILES string of the molecule is COc1cccc(N2CCN(CC(=O)N[C@@H](C)c3cccc(Cl)c3)CC2)c1. The molecule has 1 heterocycles. The van der Waals surface area contributed by atoms with Crippen molar-refractivity contribution in [3.8, 4) is 5.75 Å². The van der Waals surface area contributed by atoms with Gasteiger partial charge >= 0.3 is 0 Å². The van der Waals surface area contributed by atoms with E-state index < -0.39 is 0 Å². The highest BCUT2D eigenvalue weighted by Crippen LogP contribution is 2.22. The number of amides is 1. The van der Waals surface area contributed by atoms with Crippen molar-refractivity contribution in [1.82, 2.24) is 10.2 Å². The van der Waals surface area contributed by atoms with Gasteiger partial charge in [0, 0.05) is 43.0 Å². The summed E-state index contributed by atoms with van der Waals surface area (Å²) in [6, 6.07) is 15.6. The van der Waals surface area contributed by atoms with E-state index in [1.807, 2.05) is 43.3 Å². The van der Waals surface area contributed by atoms with E-state index in [0.29, 0.717) is 11.6 Å². The number of anilines is 1. The van der Waals surface area contributed by atoms with Gasteiger partial charge in [0.2, 0.25) is 5.91 Å². The minimum absolute atomic E-state index is 0.0392. The Kier molecular flexibility index (Phi) is 6.58. The van der Waals surface area contributed by atoms with Crippen LogP contribution in [-0.4, -0.2) is 50.6 Å². The van der Waals surface area contributed by atoms with Crippen molar-refractivity contribution in [1.29, 1.82) is 0 Å². The third kappa shape index (κ3) is 5.37. The van der Waals surface area contributed by atoms with Crippen molar-refractivity contribution in [2.45, 2.75) is 13.0 Å². The molecule has 1 N–H and O–H groups in total. The molecule has 1 fully saturated rings. The second kappa shape index (κ2) is 9.11. The fraction of sp³-hybridized carbons (Fsp3) is 0.381. The third-order valence-electron chi connectivity index (χ3n) is 4.88. The average molecular weight is 388 g/mol. The van der Waals surface area contributed by atoms with E-state index >= 15 is 0 Å². The first-order valence-corrected chi connectivity index (χ1v) is 9.59. The number of benzene rings is 2. The largest absolute Gasteiger partial charge is 0.497 e. The van der Waals surface area contributed by atoms with Crippen LogP contribution in [0.25, 0.3) is 0 Å². The highest BCUT2D eigenvalue weighted by molar-refractivity contribution is 6.30. The third-order valence-corrected chi connectivity index (χ3v) is 5.12. The van der Waals surface area contributed by atoms with Gasteiger partial charge in [0.15, 0.2) is 0 Å². The van der Waals surface area contributed by atoms with Gasteiger partial charge < -0.3 is 15.0 Å². The van der Waals surface area contributed by atoms with Gasteiger partial charge in [0.25, 0.3) is 0 Å². The van der Waals surface area contributed by atoms with Gasteiger partial charge in [-0.3, -0.25) is 9.69 Å². The summed E-state index contributed by atoms with van der Waals surface area (Å²) < 4.78 is 5.30. The summed E-state index contributed by atoms with van der Waals surface area (Å²) in [7, 11) is 1.68. The number of nitrogens with zero attached hydrogens (tertiary/aromatic N) is 2. The summed E-state index contributed by atoms with van der Waals surface area (Å²) in [6.07, 6.45) is 0. The summed E-state index contributed by atoms with van der Waals surface area (Å²) in [4.78, 5) is 16.9.